The predicted octanol–water partition coefficient (Wildman–Crippen LogP) is 1.97. The van der Waals surface area contributed by atoms with Crippen LogP contribution in [0, 0.1) is 0 Å². The Morgan fingerprint density at radius 2 is 1.92 bits per heavy atom. The first-order chi connectivity index (χ1) is 5.83. The van der Waals surface area contributed by atoms with E-state index in [4.69, 9.17) is 11.6 Å². The smallest absolute Gasteiger partial charge is 0.256 e. The van der Waals surface area contributed by atoms with E-state index >= 15 is 0 Å². The van der Waals surface area contributed by atoms with Gasteiger partial charge < -0.3 is 5.32 Å². The summed E-state index contributed by atoms with van der Waals surface area (Å²) in [6.45, 7) is 0. The Kier molecular flexibility index (Phi) is 1.62. The zero-order chi connectivity index (χ0) is 8.55. The van der Waals surface area contributed by atoms with Crippen molar-refractivity contribution in [2.75, 3.05) is 0 Å². The lowest BCUT2D eigenvalue weighted by atomic mass is 10.1. The van der Waals surface area contributed by atoms with Crippen molar-refractivity contribution in [2.24, 2.45) is 0 Å². The van der Waals surface area contributed by atoms with E-state index in [1.165, 1.54) is 5.54 Å². The maximum Gasteiger partial charge on any atom is 0.256 e. The maximum absolute atomic E-state index is 11.2. The minimum atomic E-state index is -0.0856. The summed E-state index contributed by atoms with van der Waals surface area (Å²) in [4.78, 5) is 11.2. The molecule has 2 nitrogen and oxygen atoms in total. The second-order valence-electron chi connectivity index (χ2n) is 2.52. The largest absolute Gasteiger partial charge is 0.321 e. The zero-order valence-electron chi connectivity index (χ0n) is 6.17. The van der Waals surface area contributed by atoms with Crippen molar-refractivity contribution in [1.29, 1.82) is 0 Å². The van der Waals surface area contributed by atoms with Gasteiger partial charge in [-0.1, -0.05) is 29.8 Å². The van der Waals surface area contributed by atoms with Crippen LogP contribution in [0.5, 0.6) is 0 Å². The van der Waals surface area contributed by atoms with Gasteiger partial charge in [0.2, 0.25) is 0 Å². The van der Waals surface area contributed by atoms with Crippen molar-refractivity contribution in [2.45, 2.75) is 0 Å². The van der Waals surface area contributed by atoms with Gasteiger partial charge in [0.05, 0.1) is 5.70 Å². The van der Waals surface area contributed by atoms with Gasteiger partial charge in [0.15, 0.2) is 0 Å². The van der Waals surface area contributed by atoms with E-state index in [0.717, 1.165) is 5.56 Å². The van der Waals surface area contributed by atoms with Crippen molar-refractivity contribution < 1.29 is 4.79 Å². The molecule has 2 rings (SSSR count). The van der Waals surface area contributed by atoms with Crippen LogP contribution in [0.1, 0.15) is 15.9 Å². The van der Waals surface area contributed by atoms with Gasteiger partial charge in [0.1, 0.15) is 0 Å². The van der Waals surface area contributed by atoms with Gasteiger partial charge in [0.25, 0.3) is 5.91 Å². The van der Waals surface area contributed by atoms with Crippen molar-refractivity contribution >= 4 is 23.2 Å². The second kappa shape index (κ2) is 2.64. The molecule has 1 aromatic carbocycles. The first-order valence-electron chi connectivity index (χ1n) is 3.54. The molecule has 0 fully saturated rings. The fourth-order valence-electron chi connectivity index (χ4n) is 1.26. The summed E-state index contributed by atoms with van der Waals surface area (Å²) in [5.41, 5.74) is 3.61. The summed E-state index contributed by atoms with van der Waals surface area (Å²) in [5, 5.41) is 2.66. The minimum absolute atomic E-state index is 0.0856. The number of hydrogen-bond acceptors (Lipinski definition) is 1. The van der Waals surface area contributed by atoms with Gasteiger partial charge in [-0.25, -0.2) is 0 Å². The molecule has 0 bridgehead atoms. The van der Waals surface area contributed by atoms with Crippen LogP contribution in [0.4, 0.5) is 0 Å². The molecule has 0 aromatic heterocycles. The third-order valence-corrected chi connectivity index (χ3v) is 2.04. The summed E-state index contributed by atoms with van der Waals surface area (Å²) in [6.07, 6.45) is 0. The molecule has 60 valence electrons. The number of benzene rings is 1. The molecule has 0 unspecified atom stereocenters. The lowest BCUT2D eigenvalue weighted by molar-refractivity contribution is 0.0981. The normalized spacial score (nSPS) is 17.8. The third kappa shape index (κ3) is 0.924. The van der Waals surface area contributed by atoms with E-state index < -0.39 is 0 Å². The number of hydrogen-bond donors (Lipinski definition) is 1. The van der Waals surface area contributed by atoms with E-state index in [-0.39, 0.29) is 5.91 Å². The van der Waals surface area contributed by atoms with E-state index in [0.29, 0.717) is 11.3 Å². The first kappa shape index (κ1) is 7.37. The Morgan fingerprint density at radius 3 is 2.58 bits per heavy atom. The molecule has 1 aromatic rings. The fourth-order valence-corrected chi connectivity index (χ4v) is 1.43. The minimum Gasteiger partial charge on any atom is -0.321 e. The average Bonchev–Trinajstić information content (AvgIpc) is 2.44. The quantitative estimate of drug-likeness (QED) is 0.648. The first-order valence-corrected chi connectivity index (χ1v) is 3.97. The Hall–Kier alpha value is -1.28. The van der Waals surface area contributed by atoms with Crippen molar-refractivity contribution in [3.63, 3.8) is 0 Å². The number of rotatable bonds is 0. The summed E-state index contributed by atoms with van der Waals surface area (Å²) in [7, 11) is 0. The van der Waals surface area contributed by atoms with E-state index in [1.807, 2.05) is 18.2 Å². The van der Waals surface area contributed by atoms with Crippen LogP contribution in [-0.4, -0.2) is 5.91 Å². The molecule has 0 aliphatic carbocycles. The van der Waals surface area contributed by atoms with Gasteiger partial charge >= 0.3 is 0 Å². The van der Waals surface area contributed by atoms with E-state index in [9.17, 15) is 4.79 Å². The third-order valence-electron chi connectivity index (χ3n) is 1.82. The molecule has 1 N–H and O–H groups in total. The van der Waals surface area contributed by atoms with Crippen molar-refractivity contribution in [1.82, 2.24) is 5.32 Å². The van der Waals surface area contributed by atoms with Gasteiger partial charge in [-0.15, -0.1) is 0 Å². The zero-order valence-corrected chi connectivity index (χ0v) is 6.93. The average molecular weight is 180 g/mol. The van der Waals surface area contributed by atoms with Crippen molar-refractivity contribution in [3.8, 4) is 0 Å². The molecule has 1 heterocycles. The monoisotopic (exact) mass is 179 g/mol. The Balaban J connectivity index is 2.65. The van der Waals surface area contributed by atoms with Crippen LogP contribution in [0.2, 0.25) is 0 Å². The van der Waals surface area contributed by atoms with Crippen LogP contribution in [0.3, 0.4) is 0 Å². The number of carbonyl (C=O) groups is 1. The number of nitrogens with one attached hydrogen (secondary N) is 1. The van der Waals surface area contributed by atoms with Crippen LogP contribution in [-0.2, 0) is 0 Å². The molecular weight excluding hydrogens is 174 g/mol. The number of halogens is 1. The molecule has 1 aliphatic heterocycles. The van der Waals surface area contributed by atoms with Gasteiger partial charge in [0, 0.05) is 16.7 Å². The maximum atomic E-state index is 11.2. The number of amides is 1. The molecule has 3 heteroatoms. The van der Waals surface area contributed by atoms with Gasteiger partial charge in [-0.2, -0.15) is 0 Å². The second-order valence-corrected chi connectivity index (χ2v) is 2.74. The van der Waals surface area contributed by atoms with Crippen LogP contribution in [0.15, 0.2) is 29.8 Å². The van der Waals surface area contributed by atoms with E-state index in [2.05, 4.69) is 5.32 Å². The number of carbonyl (C=O) groups excluding carboxylic acids is 1. The summed E-state index contributed by atoms with van der Waals surface area (Å²) < 4.78 is 0. The lowest BCUT2D eigenvalue weighted by Crippen LogP contribution is -2.11. The Bertz CT molecular complexity index is 371. The summed E-state index contributed by atoms with van der Waals surface area (Å²) in [6, 6.07) is 7.34. The predicted molar refractivity (Wildman–Crippen MR) is 47.7 cm³/mol. The summed E-state index contributed by atoms with van der Waals surface area (Å²) in [5.74, 6) is -0.0856. The fraction of sp³-hybridized carbons (Fsp3) is 0. The van der Waals surface area contributed by atoms with E-state index in [1.54, 1.807) is 6.07 Å². The highest BCUT2D eigenvalue weighted by molar-refractivity contribution is 6.29. The standard InChI is InChI=1S/C9H6ClNO/c10-5-8-6-3-1-2-4-7(6)9(12)11-8/h1-5H,(H,11,12)/b8-5+. The molecule has 12 heavy (non-hydrogen) atoms. The lowest BCUT2D eigenvalue weighted by Gasteiger charge is -1.94. The molecular formula is C9H6ClNO. The molecule has 0 saturated heterocycles. The topological polar surface area (TPSA) is 29.1 Å². The highest BCUT2D eigenvalue weighted by atomic mass is 35.5. The van der Waals surface area contributed by atoms with Gasteiger partial charge in [-0.3, -0.25) is 4.79 Å². The van der Waals surface area contributed by atoms with Crippen LogP contribution < -0.4 is 5.32 Å². The van der Waals surface area contributed by atoms with Gasteiger partial charge in [-0.05, 0) is 6.07 Å². The highest BCUT2D eigenvalue weighted by Gasteiger charge is 2.21. The Labute approximate surface area is 74.8 Å². The molecule has 0 radical (unpaired) electrons. The molecule has 0 saturated carbocycles. The SMILES string of the molecule is O=C1N/C(=C/Cl)c2ccccc21. The Morgan fingerprint density at radius 1 is 1.25 bits per heavy atom. The van der Waals surface area contributed by atoms with Crippen LogP contribution in [0.25, 0.3) is 5.70 Å². The summed E-state index contributed by atoms with van der Waals surface area (Å²) >= 11 is 5.52. The van der Waals surface area contributed by atoms with Crippen LogP contribution >= 0.6 is 11.6 Å². The molecule has 1 aliphatic rings. The van der Waals surface area contributed by atoms with Crippen molar-refractivity contribution in [3.05, 3.63) is 40.9 Å². The molecule has 0 spiro atoms. The number of fused-ring (bicyclic) bond motifs is 1. The highest BCUT2D eigenvalue weighted by Crippen LogP contribution is 2.23. The molecule has 0 atom stereocenters. The molecule has 1 amide bonds.